The van der Waals surface area contributed by atoms with Crippen LogP contribution in [0.1, 0.15) is 0 Å². The number of nitrogens with zero attached hydrogens (tertiary/aromatic N) is 4. The molecule has 0 amide bonds. The lowest BCUT2D eigenvalue weighted by atomic mass is 9.96. The predicted octanol–water partition coefficient (Wildman–Crippen LogP) is 14.6. The van der Waals surface area contributed by atoms with Gasteiger partial charge in [-0.25, -0.2) is 9.97 Å². The van der Waals surface area contributed by atoms with E-state index in [0.717, 1.165) is 44.8 Å². The average molecular weight is 761 g/mol. The van der Waals surface area contributed by atoms with Crippen LogP contribution in [0.25, 0.3) is 132 Å². The molecule has 0 N–H and O–H groups in total. The lowest BCUT2D eigenvalue weighted by Crippen LogP contribution is -2.04. The molecule has 0 radical (unpaired) electrons. The Morgan fingerprint density at radius 1 is 0.300 bits per heavy atom. The van der Waals surface area contributed by atoms with Crippen molar-refractivity contribution in [1.29, 1.82) is 0 Å². The Morgan fingerprint density at radius 3 is 1.60 bits per heavy atom. The quantitative estimate of drug-likeness (QED) is 0.180. The Bertz CT molecular complexity index is 3990. The Balaban J connectivity index is 1.03. The van der Waals surface area contributed by atoms with Crippen LogP contribution < -0.4 is 0 Å². The van der Waals surface area contributed by atoms with E-state index in [1.165, 1.54) is 87.1 Å². The van der Waals surface area contributed by atoms with Gasteiger partial charge in [0.15, 0.2) is 5.82 Å². The predicted molar refractivity (Wildman–Crippen MR) is 251 cm³/mol. The smallest absolute Gasteiger partial charge is 0.165 e. The van der Waals surface area contributed by atoms with Crippen LogP contribution in [-0.4, -0.2) is 19.1 Å². The molecule has 4 nitrogen and oxygen atoms in total. The molecule has 0 fully saturated rings. The highest BCUT2D eigenvalue weighted by Gasteiger charge is 2.26. The van der Waals surface area contributed by atoms with Gasteiger partial charge in [-0.3, -0.25) is 4.57 Å². The van der Waals surface area contributed by atoms with Crippen molar-refractivity contribution >= 4 is 87.0 Å². The van der Waals surface area contributed by atoms with Gasteiger partial charge in [-0.15, -0.1) is 0 Å². The molecule has 0 aliphatic heterocycles. The van der Waals surface area contributed by atoms with Gasteiger partial charge in [0.2, 0.25) is 0 Å². The topological polar surface area (TPSA) is 35.6 Å². The zero-order valence-corrected chi connectivity index (χ0v) is 32.3. The highest BCUT2D eigenvalue weighted by atomic mass is 15.1. The lowest BCUT2D eigenvalue weighted by Gasteiger charge is -2.16. The Kier molecular flexibility index (Phi) is 6.26. The first-order valence-corrected chi connectivity index (χ1v) is 20.6. The molecule has 14 rings (SSSR count). The molecule has 13 aromatic rings. The molecule has 60 heavy (non-hydrogen) atoms. The van der Waals surface area contributed by atoms with Crippen LogP contribution in [0.15, 0.2) is 194 Å². The van der Waals surface area contributed by atoms with Gasteiger partial charge in [0, 0.05) is 32.8 Å². The molecule has 4 heteroatoms. The Labute approximate surface area is 343 Å². The Morgan fingerprint density at radius 2 is 0.833 bits per heavy atom. The number of fused-ring (bicyclic) bond motifs is 12. The summed E-state index contributed by atoms with van der Waals surface area (Å²) in [6.07, 6.45) is 0. The van der Waals surface area contributed by atoms with Crippen molar-refractivity contribution in [2.24, 2.45) is 0 Å². The van der Waals surface area contributed by atoms with E-state index in [2.05, 4.69) is 191 Å². The summed E-state index contributed by atoms with van der Waals surface area (Å²) >= 11 is 0. The number of para-hydroxylation sites is 4. The summed E-state index contributed by atoms with van der Waals surface area (Å²) < 4.78 is 4.78. The first kappa shape index (κ1) is 31.9. The van der Waals surface area contributed by atoms with Crippen LogP contribution in [0.2, 0.25) is 0 Å². The molecule has 276 valence electrons. The maximum absolute atomic E-state index is 5.51. The molecular weight excluding hydrogens is 729 g/mol. The summed E-state index contributed by atoms with van der Waals surface area (Å²) in [6.45, 7) is 0. The number of aromatic nitrogens is 4. The van der Waals surface area contributed by atoms with E-state index in [1.807, 2.05) is 12.1 Å². The Hall–Kier alpha value is -8.08. The fourth-order valence-corrected chi connectivity index (χ4v) is 10.3. The highest BCUT2D eigenvalue weighted by Crippen LogP contribution is 2.50. The fourth-order valence-electron chi connectivity index (χ4n) is 10.3. The van der Waals surface area contributed by atoms with Crippen molar-refractivity contribution in [2.75, 3.05) is 0 Å². The van der Waals surface area contributed by atoms with Crippen molar-refractivity contribution in [1.82, 2.24) is 19.1 Å². The summed E-state index contributed by atoms with van der Waals surface area (Å²) in [4.78, 5) is 11.0. The minimum atomic E-state index is 0.824. The van der Waals surface area contributed by atoms with E-state index in [9.17, 15) is 0 Å². The molecule has 1 aliphatic carbocycles. The third-order valence-corrected chi connectivity index (χ3v) is 13.0. The van der Waals surface area contributed by atoms with Crippen LogP contribution in [0.3, 0.4) is 0 Å². The second kappa shape index (κ2) is 11.8. The zero-order valence-electron chi connectivity index (χ0n) is 32.3. The van der Waals surface area contributed by atoms with Gasteiger partial charge in [-0.2, -0.15) is 0 Å². The van der Waals surface area contributed by atoms with Crippen LogP contribution in [0, 0.1) is 0 Å². The molecule has 0 atom stereocenters. The first-order chi connectivity index (χ1) is 29.7. The largest absolute Gasteiger partial charge is 0.309 e. The lowest BCUT2D eigenvalue weighted by molar-refractivity contribution is 1.08. The third kappa shape index (κ3) is 4.29. The maximum atomic E-state index is 5.51. The van der Waals surface area contributed by atoms with E-state index in [0.29, 0.717) is 0 Å². The second-order valence-corrected chi connectivity index (χ2v) is 16.1. The molecular formula is C56H32N4. The van der Waals surface area contributed by atoms with Crippen LogP contribution in [0.4, 0.5) is 0 Å². The minimum absolute atomic E-state index is 0.824. The van der Waals surface area contributed by atoms with Crippen molar-refractivity contribution in [3.63, 3.8) is 0 Å². The third-order valence-electron chi connectivity index (χ3n) is 13.0. The number of hydrogen-bond acceptors (Lipinski definition) is 2. The average Bonchev–Trinajstić information content (AvgIpc) is 3.93. The molecule has 0 saturated heterocycles. The fraction of sp³-hybridized carbons (Fsp3) is 0. The second-order valence-electron chi connectivity index (χ2n) is 16.1. The van der Waals surface area contributed by atoms with E-state index < -0.39 is 0 Å². The standard InChI is InChI=1S/C56H32N4/c1-2-13-34-31-52-46(29-33(34)12-1)40-16-5-9-22-50(40)59(52)37-25-24-35-32-53-47(30-36(35)28-37)41-17-6-10-23-51(41)60(53)56-55(57-48-20-7-8-21-49(48)58-56)45-27-26-44-39-15-4-3-14-38(39)42-18-11-19-43(45)54(42)44/h1-32H. The minimum Gasteiger partial charge on any atom is -0.309 e. The molecule has 0 saturated carbocycles. The van der Waals surface area contributed by atoms with E-state index in [1.54, 1.807) is 0 Å². The molecule has 1 aliphatic rings. The summed E-state index contributed by atoms with van der Waals surface area (Å²) in [7, 11) is 0. The summed E-state index contributed by atoms with van der Waals surface area (Å²) in [5.74, 6) is 0.824. The van der Waals surface area contributed by atoms with E-state index >= 15 is 0 Å². The first-order valence-electron chi connectivity index (χ1n) is 20.6. The molecule has 10 aromatic carbocycles. The monoisotopic (exact) mass is 760 g/mol. The van der Waals surface area contributed by atoms with Gasteiger partial charge in [0.05, 0.1) is 33.1 Å². The van der Waals surface area contributed by atoms with Gasteiger partial charge in [0.1, 0.15) is 5.69 Å². The van der Waals surface area contributed by atoms with Gasteiger partial charge in [0.25, 0.3) is 0 Å². The maximum Gasteiger partial charge on any atom is 0.165 e. The number of benzene rings is 10. The molecule has 3 aromatic heterocycles. The van der Waals surface area contributed by atoms with Crippen molar-refractivity contribution in [3.8, 4) is 45.0 Å². The number of rotatable bonds is 3. The van der Waals surface area contributed by atoms with Crippen molar-refractivity contribution in [3.05, 3.63) is 194 Å². The normalized spacial score (nSPS) is 12.3. The number of hydrogen-bond donors (Lipinski definition) is 0. The summed E-state index contributed by atoms with van der Waals surface area (Å²) in [5, 5.41) is 12.2. The summed E-state index contributed by atoms with van der Waals surface area (Å²) in [6, 6.07) is 70.7. The zero-order chi connectivity index (χ0) is 39.1. The van der Waals surface area contributed by atoms with Gasteiger partial charge >= 0.3 is 0 Å². The van der Waals surface area contributed by atoms with Crippen molar-refractivity contribution in [2.45, 2.75) is 0 Å². The van der Waals surface area contributed by atoms with Gasteiger partial charge in [-0.05, 0) is 115 Å². The van der Waals surface area contributed by atoms with Gasteiger partial charge < -0.3 is 4.57 Å². The SMILES string of the molecule is c1ccc2c(c1)-c1cccc3c(-c4nc5ccccc5nc4-n4c5ccccc5c5cc6cc(-n7c8ccccc8c8cc9ccccc9cc87)ccc6cc54)ccc-2c13. The van der Waals surface area contributed by atoms with Crippen LogP contribution >= 0.6 is 0 Å². The van der Waals surface area contributed by atoms with Crippen LogP contribution in [-0.2, 0) is 0 Å². The molecule has 0 bridgehead atoms. The van der Waals surface area contributed by atoms with Gasteiger partial charge in [-0.1, -0.05) is 133 Å². The van der Waals surface area contributed by atoms with Crippen LogP contribution in [0.5, 0.6) is 0 Å². The molecule has 3 heterocycles. The summed E-state index contributed by atoms with van der Waals surface area (Å²) in [5.41, 5.74) is 14.5. The molecule has 0 unspecified atom stereocenters. The van der Waals surface area contributed by atoms with E-state index in [4.69, 9.17) is 9.97 Å². The highest BCUT2D eigenvalue weighted by molar-refractivity contribution is 6.20. The molecule has 0 spiro atoms. The van der Waals surface area contributed by atoms with E-state index in [-0.39, 0.29) is 0 Å². The van der Waals surface area contributed by atoms with Crippen molar-refractivity contribution < 1.29 is 0 Å².